The Morgan fingerprint density at radius 1 is 1.36 bits per heavy atom. The van der Waals surface area contributed by atoms with Gasteiger partial charge in [-0.05, 0) is 12.1 Å². The molecule has 2 aromatic rings. The van der Waals surface area contributed by atoms with E-state index in [4.69, 9.17) is 19.4 Å². The van der Waals surface area contributed by atoms with Crippen LogP contribution in [-0.2, 0) is 19.6 Å². The Hall–Kier alpha value is -2.50. The predicted octanol–water partition coefficient (Wildman–Crippen LogP) is 0.733. The van der Waals surface area contributed by atoms with Gasteiger partial charge in [0.15, 0.2) is 0 Å². The molecule has 0 bridgehead atoms. The highest BCUT2D eigenvalue weighted by Crippen LogP contribution is 2.34. The zero-order chi connectivity index (χ0) is 20.7. The smallest absolute Gasteiger partial charge is 0.290 e. The van der Waals surface area contributed by atoms with Gasteiger partial charge >= 0.3 is 0 Å². The number of hydrogen-bond acceptors (Lipinski definition) is 7. The fourth-order valence-electron chi connectivity index (χ4n) is 2.99. The molecule has 3 heterocycles. The van der Waals surface area contributed by atoms with Crippen LogP contribution in [0.5, 0.6) is 5.88 Å². The number of methoxy groups -OCH3 is 1. The molecule has 1 fully saturated rings. The lowest BCUT2D eigenvalue weighted by Crippen LogP contribution is -2.32. The first-order valence-corrected chi connectivity index (χ1v) is 10.0. The van der Waals surface area contributed by atoms with Crippen LogP contribution in [0.4, 0.5) is 0 Å². The summed E-state index contributed by atoms with van der Waals surface area (Å²) in [7, 11) is 1.34. The van der Waals surface area contributed by atoms with Gasteiger partial charge in [-0.25, -0.2) is 22.7 Å². The number of carbonyl (C=O) groups is 1. The molecule has 1 aliphatic heterocycles. The molecule has 0 amide bonds. The number of nitrogens with zero attached hydrogens (tertiary/aromatic N) is 4. The second-order valence-electron chi connectivity index (χ2n) is 6.25. The third kappa shape index (κ3) is 4.86. The molecule has 0 aliphatic carbocycles. The summed E-state index contributed by atoms with van der Waals surface area (Å²) < 4.78 is 38.7. The number of imidazole rings is 1. The lowest BCUT2D eigenvalue weighted by atomic mass is 10.1. The molecule has 10 nitrogen and oxygen atoms in total. The van der Waals surface area contributed by atoms with Gasteiger partial charge < -0.3 is 19.1 Å². The summed E-state index contributed by atoms with van der Waals surface area (Å²) in [5, 5.41) is 6.89. The van der Waals surface area contributed by atoms with Gasteiger partial charge in [-0.15, -0.1) is 0 Å². The first-order chi connectivity index (χ1) is 13.4. The van der Waals surface area contributed by atoms with Gasteiger partial charge in [0.1, 0.15) is 5.82 Å². The van der Waals surface area contributed by atoms with Crippen molar-refractivity contribution < 1.29 is 27.8 Å². The van der Waals surface area contributed by atoms with Gasteiger partial charge in [-0.2, -0.15) is 0 Å². The highest BCUT2D eigenvalue weighted by atomic mass is 32.2. The lowest BCUT2D eigenvalue weighted by molar-refractivity contribution is -0.122. The Balaban J connectivity index is 0.000000878. The maximum Gasteiger partial charge on any atom is 0.290 e. The van der Waals surface area contributed by atoms with Crippen molar-refractivity contribution in [3.05, 3.63) is 30.7 Å². The molecule has 1 aliphatic rings. The van der Waals surface area contributed by atoms with Gasteiger partial charge in [0, 0.05) is 38.6 Å². The number of sulfonamides is 1. The Labute approximate surface area is 163 Å². The minimum Gasteiger partial charge on any atom is -0.483 e. The Kier molecular flexibility index (Phi) is 7.49. The van der Waals surface area contributed by atoms with E-state index in [0.29, 0.717) is 24.9 Å². The highest BCUT2D eigenvalue weighted by Gasteiger charge is 2.35. The van der Waals surface area contributed by atoms with Gasteiger partial charge in [0.05, 0.1) is 37.7 Å². The van der Waals surface area contributed by atoms with Crippen LogP contribution >= 0.6 is 0 Å². The maximum atomic E-state index is 12.3. The highest BCUT2D eigenvalue weighted by molar-refractivity contribution is 7.89. The van der Waals surface area contributed by atoms with E-state index in [9.17, 15) is 8.42 Å². The van der Waals surface area contributed by atoms with Gasteiger partial charge in [-0.3, -0.25) is 4.79 Å². The van der Waals surface area contributed by atoms with Gasteiger partial charge in [0.2, 0.25) is 15.9 Å². The largest absolute Gasteiger partial charge is 0.483 e. The summed E-state index contributed by atoms with van der Waals surface area (Å²) in [6.45, 7) is 0.596. The molecule has 0 radical (unpaired) electrons. The third-order valence-electron chi connectivity index (χ3n) is 4.38. The second-order valence-corrected chi connectivity index (χ2v) is 8.48. The van der Waals surface area contributed by atoms with E-state index in [-0.39, 0.29) is 24.2 Å². The molecule has 0 saturated carbocycles. The lowest BCUT2D eigenvalue weighted by Gasteiger charge is -2.22. The number of aromatic nitrogens is 3. The summed E-state index contributed by atoms with van der Waals surface area (Å²) in [5.41, 5.74) is 0.760. The molecule has 3 rings (SSSR count). The van der Waals surface area contributed by atoms with Crippen molar-refractivity contribution in [2.24, 2.45) is 5.92 Å². The molecule has 0 spiro atoms. The van der Waals surface area contributed by atoms with Crippen LogP contribution < -0.4 is 4.74 Å². The summed E-state index contributed by atoms with van der Waals surface area (Å²) in [6.07, 6.45) is 5.19. The van der Waals surface area contributed by atoms with E-state index < -0.39 is 10.0 Å². The summed E-state index contributed by atoms with van der Waals surface area (Å²) in [5.74, 6) is 1.05. The van der Waals surface area contributed by atoms with Crippen molar-refractivity contribution in [3.63, 3.8) is 0 Å². The summed E-state index contributed by atoms with van der Waals surface area (Å²) >= 11 is 0. The minimum absolute atomic E-state index is 0.0342. The SMILES string of the molecule is COc1ncccc1-c1nccn1[C@@H]1COC[C@H]1CS(=O)(=O)N(C)C.O=CO. The molecular weight excluding hydrogens is 388 g/mol. The van der Waals surface area contributed by atoms with Crippen molar-refractivity contribution in [2.45, 2.75) is 6.04 Å². The quantitative estimate of drug-likeness (QED) is 0.689. The molecule has 154 valence electrons. The fraction of sp³-hybridized carbons (Fsp3) is 0.471. The average Bonchev–Trinajstić information content (AvgIpc) is 3.30. The third-order valence-corrected chi connectivity index (χ3v) is 6.34. The van der Waals surface area contributed by atoms with Crippen molar-refractivity contribution in [2.75, 3.05) is 40.2 Å². The van der Waals surface area contributed by atoms with Crippen molar-refractivity contribution >= 4 is 16.5 Å². The van der Waals surface area contributed by atoms with E-state index in [2.05, 4.69) is 9.97 Å². The van der Waals surface area contributed by atoms with Crippen LogP contribution in [0.2, 0.25) is 0 Å². The van der Waals surface area contributed by atoms with Crippen molar-refractivity contribution in [1.82, 2.24) is 18.8 Å². The normalized spacial score (nSPS) is 19.1. The Morgan fingerprint density at radius 2 is 2.07 bits per heavy atom. The molecule has 1 saturated heterocycles. The molecule has 28 heavy (non-hydrogen) atoms. The predicted molar refractivity (Wildman–Crippen MR) is 102 cm³/mol. The molecule has 0 unspecified atom stereocenters. The maximum absolute atomic E-state index is 12.3. The second kappa shape index (κ2) is 9.62. The average molecular weight is 412 g/mol. The number of carboxylic acid groups (broad SMARTS) is 1. The number of rotatable bonds is 6. The standard InChI is InChI=1S/C16H22N4O4S.CH2O2/c1-19(2)25(21,22)11-12-9-24-10-14(12)20-8-7-17-15(20)13-5-4-6-18-16(13)23-3;2-1-3/h4-8,12,14H,9-11H2,1-3H3;1H,(H,2,3)/t12-,14+;/m0./s1. The van der Waals surface area contributed by atoms with Crippen LogP contribution in [0, 0.1) is 5.92 Å². The van der Waals surface area contributed by atoms with E-state index in [0.717, 1.165) is 5.56 Å². The van der Waals surface area contributed by atoms with E-state index in [1.54, 1.807) is 33.6 Å². The van der Waals surface area contributed by atoms with E-state index in [1.807, 2.05) is 22.9 Å². The number of ether oxygens (including phenoxy) is 2. The van der Waals surface area contributed by atoms with Crippen LogP contribution in [-0.4, -0.2) is 79.0 Å². The summed E-state index contributed by atoms with van der Waals surface area (Å²) in [6, 6.07) is 3.58. The van der Waals surface area contributed by atoms with Crippen LogP contribution in [0.15, 0.2) is 30.7 Å². The number of pyridine rings is 1. The molecular formula is C17H24N4O6S. The van der Waals surface area contributed by atoms with Gasteiger partial charge in [0.25, 0.3) is 6.47 Å². The molecule has 2 atom stereocenters. The van der Waals surface area contributed by atoms with Gasteiger partial charge in [-0.1, -0.05) is 0 Å². The first kappa shape index (κ1) is 21.8. The van der Waals surface area contributed by atoms with Crippen LogP contribution in [0.3, 0.4) is 0 Å². The van der Waals surface area contributed by atoms with Crippen LogP contribution in [0.25, 0.3) is 11.4 Å². The van der Waals surface area contributed by atoms with Crippen LogP contribution in [0.1, 0.15) is 6.04 Å². The van der Waals surface area contributed by atoms with Crippen molar-refractivity contribution in [3.8, 4) is 17.3 Å². The zero-order valence-electron chi connectivity index (χ0n) is 15.9. The monoisotopic (exact) mass is 412 g/mol. The fourth-order valence-corrected chi connectivity index (χ4v) is 4.14. The number of hydrogen-bond donors (Lipinski definition) is 1. The molecule has 2 aromatic heterocycles. The molecule has 1 N–H and O–H groups in total. The topological polar surface area (TPSA) is 124 Å². The molecule has 11 heteroatoms. The summed E-state index contributed by atoms with van der Waals surface area (Å²) in [4.78, 5) is 17.0. The zero-order valence-corrected chi connectivity index (χ0v) is 16.7. The van der Waals surface area contributed by atoms with E-state index in [1.165, 1.54) is 4.31 Å². The van der Waals surface area contributed by atoms with E-state index >= 15 is 0 Å². The minimum atomic E-state index is -3.31. The van der Waals surface area contributed by atoms with Crippen molar-refractivity contribution in [1.29, 1.82) is 0 Å². The first-order valence-electron chi connectivity index (χ1n) is 8.43. The molecule has 0 aromatic carbocycles. The Bertz CT molecular complexity index is 883. The Morgan fingerprint density at radius 3 is 2.71 bits per heavy atom.